The average molecular weight is 754 g/mol. The third kappa shape index (κ3) is 15.0. The van der Waals surface area contributed by atoms with Gasteiger partial charge in [-0.25, -0.2) is 13.8 Å². The van der Waals surface area contributed by atoms with E-state index < -0.39 is 36.4 Å². The number of nitrogens with zero attached hydrogens (tertiary/aromatic N) is 2. The maximum atomic E-state index is 15.0. The molecule has 0 unspecified atom stereocenters. The molecule has 45 heavy (non-hydrogen) atoms. The Bertz CT molecular complexity index is 1130. The average Bonchev–Trinajstić information content (AvgIpc) is 3.27. The van der Waals surface area contributed by atoms with Gasteiger partial charge in [0.25, 0.3) is 0 Å². The maximum absolute atomic E-state index is 15.0. The highest BCUT2D eigenvalue weighted by Gasteiger charge is 2.46. The Morgan fingerprint density at radius 3 is 1.93 bits per heavy atom. The number of nitrogen functional groups attached to an aromatic ring is 1. The second kappa shape index (κ2) is 21.4. The van der Waals surface area contributed by atoms with Crippen molar-refractivity contribution in [1.82, 2.24) is 9.55 Å². The molecule has 2 heterocycles. The van der Waals surface area contributed by atoms with Crippen LogP contribution in [0.4, 0.5) is 10.2 Å². The molecule has 20 heteroatoms. The minimum Gasteiger partial charge on any atom is -0.465 e. The van der Waals surface area contributed by atoms with Gasteiger partial charge in [-0.2, -0.15) is 4.98 Å². The van der Waals surface area contributed by atoms with E-state index in [-0.39, 0.29) is 62.6 Å². The second-order valence-corrected chi connectivity index (χ2v) is 18.3. The van der Waals surface area contributed by atoms with Gasteiger partial charge in [-0.05, 0) is 6.07 Å². The lowest BCUT2D eigenvalue weighted by Crippen LogP contribution is -2.33. The Morgan fingerprint density at radius 1 is 0.978 bits per heavy atom. The number of carbonyl (C=O) groups excluding carboxylic acids is 2. The lowest BCUT2D eigenvalue weighted by molar-refractivity contribution is -0.147. The SMILES string of the molecule is CC(C)C(=O)OCCSSCCOP(=O)(OCCSSCCOC(=O)C(C)C)OC[C@H]1S[C@@H](n2ccc(N)nc2=O)[C@@H](F)[C@@H]1O. The fourth-order valence-corrected chi connectivity index (χ4v) is 9.52. The highest BCUT2D eigenvalue weighted by Crippen LogP contribution is 2.52. The monoisotopic (exact) mass is 753 g/mol. The summed E-state index contributed by atoms with van der Waals surface area (Å²) in [5.41, 5.74) is 4.76. The first-order chi connectivity index (χ1) is 21.3. The predicted octanol–water partition coefficient (Wildman–Crippen LogP) is 4.46. The number of halogens is 1. The molecule has 4 atom stereocenters. The fraction of sp³-hybridized carbons (Fsp3) is 0.760. The quantitative estimate of drug-likeness (QED) is 0.0733. The largest absolute Gasteiger partial charge is 0.474 e. The summed E-state index contributed by atoms with van der Waals surface area (Å²) in [6.07, 6.45) is -2.04. The van der Waals surface area contributed by atoms with Crippen molar-refractivity contribution >= 4 is 80.5 Å². The number of anilines is 1. The standard InChI is InChI=1S/C25H41FN3O10PS5/c1-16(2)23(31)35-7-11-41-43-13-9-37-40(34,38-10-14-44-42-12-8-36-24(32)17(3)4)39-15-18-21(30)20(26)22(45-18)29-6-5-19(27)28-25(29)33/h5-6,16-18,20-22,30H,7-15H2,1-4H3,(H2,27,28,33)/t18-,20+,21-,22-/m1/s1. The number of phosphoric acid groups is 1. The molecule has 0 amide bonds. The normalized spacial score (nSPS) is 20.2. The molecule has 1 aliphatic rings. The number of alkyl halides is 1. The van der Waals surface area contributed by atoms with Crippen molar-refractivity contribution in [2.45, 2.75) is 50.6 Å². The predicted molar refractivity (Wildman–Crippen MR) is 181 cm³/mol. The molecule has 13 nitrogen and oxygen atoms in total. The molecule has 0 bridgehead atoms. The molecule has 0 radical (unpaired) electrons. The van der Waals surface area contributed by atoms with E-state index in [0.29, 0.717) is 23.0 Å². The van der Waals surface area contributed by atoms with Gasteiger partial charge in [0, 0.05) is 29.2 Å². The van der Waals surface area contributed by atoms with Crippen molar-refractivity contribution in [1.29, 1.82) is 0 Å². The number of phosphoric ester groups is 1. The summed E-state index contributed by atoms with van der Waals surface area (Å²) in [6.45, 7) is 7.21. The van der Waals surface area contributed by atoms with Crippen molar-refractivity contribution in [3.8, 4) is 0 Å². The van der Waals surface area contributed by atoms with Crippen LogP contribution in [-0.2, 0) is 37.2 Å². The van der Waals surface area contributed by atoms with E-state index in [0.717, 1.165) is 16.3 Å². The zero-order valence-electron chi connectivity index (χ0n) is 25.4. The van der Waals surface area contributed by atoms with Gasteiger partial charge in [0.1, 0.15) is 30.5 Å². The first-order valence-electron chi connectivity index (χ1n) is 14.0. The minimum atomic E-state index is -4.13. The summed E-state index contributed by atoms with van der Waals surface area (Å²) >= 11 is 0.940. The Balaban J connectivity index is 1.85. The van der Waals surface area contributed by atoms with Crippen LogP contribution in [0.3, 0.4) is 0 Å². The van der Waals surface area contributed by atoms with Crippen molar-refractivity contribution in [3.05, 3.63) is 22.7 Å². The highest BCUT2D eigenvalue weighted by atomic mass is 33.1. The molecule has 1 fully saturated rings. The topological polar surface area (TPSA) is 178 Å². The smallest absolute Gasteiger partial charge is 0.465 e. The number of aliphatic hydroxyl groups excluding tert-OH is 1. The lowest BCUT2D eigenvalue weighted by atomic mass is 10.1. The number of thioether (sulfide) groups is 1. The molecular formula is C25H41FN3O10PS5. The van der Waals surface area contributed by atoms with Crippen molar-refractivity contribution in [2.75, 3.05) is 61.8 Å². The van der Waals surface area contributed by atoms with Gasteiger partial charge < -0.3 is 20.3 Å². The second-order valence-electron chi connectivity index (χ2n) is 9.88. The highest BCUT2D eigenvalue weighted by molar-refractivity contribution is 8.77. The van der Waals surface area contributed by atoms with Crippen LogP contribution in [0.1, 0.15) is 33.1 Å². The van der Waals surface area contributed by atoms with Crippen molar-refractivity contribution in [2.24, 2.45) is 11.8 Å². The van der Waals surface area contributed by atoms with E-state index in [9.17, 15) is 28.4 Å². The lowest BCUT2D eigenvalue weighted by Gasteiger charge is -2.21. The molecule has 258 valence electrons. The van der Waals surface area contributed by atoms with E-state index in [1.807, 2.05) is 0 Å². The van der Waals surface area contributed by atoms with Crippen molar-refractivity contribution < 1.29 is 46.7 Å². The van der Waals surface area contributed by atoms with Gasteiger partial charge in [0.05, 0.1) is 36.9 Å². The molecule has 0 aliphatic carbocycles. The number of aromatic nitrogens is 2. The first-order valence-corrected chi connectivity index (χ1v) is 21.4. The molecule has 0 saturated carbocycles. The van der Waals surface area contributed by atoms with E-state index in [1.165, 1.54) is 55.4 Å². The molecule has 1 aromatic rings. The zero-order valence-corrected chi connectivity index (χ0v) is 30.4. The Labute approximate surface area is 282 Å². The number of aliphatic hydroxyl groups is 1. The van der Waals surface area contributed by atoms with Gasteiger partial charge >= 0.3 is 25.5 Å². The summed E-state index contributed by atoms with van der Waals surface area (Å²) in [4.78, 5) is 38.9. The first kappa shape index (κ1) is 40.5. The number of carbonyl (C=O) groups is 2. The zero-order chi connectivity index (χ0) is 33.4. The molecule has 1 saturated heterocycles. The summed E-state index contributed by atoms with van der Waals surface area (Å²) in [5, 5.41) is 8.54. The van der Waals surface area contributed by atoms with Gasteiger partial charge in [-0.3, -0.25) is 27.7 Å². The van der Waals surface area contributed by atoms with Gasteiger partial charge in [-0.1, -0.05) is 70.9 Å². The summed E-state index contributed by atoms with van der Waals surface area (Å²) < 4.78 is 56.3. The van der Waals surface area contributed by atoms with Crippen molar-refractivity contribution in [3.63, 3.8) is 0 Å². The number of esters is 2. The van der Waals surface area contributed by atoms with Crippen LogP contribution < -0.4 is 11.4 Å². The molecule has 0 aromatic carbocycles. The van der Waals surface area contributed by atoms with E-state index in [2.05, 4.69) is 4.98 Å². The summed E-state index contributed by atoms with van der Waals surface area (Å²) in [7, 11) is 1.64. The fourth-order valence-electron chi connectivity index (χ4n) is 3.25. The number of hydrogen-bond acceptors (Lipinski definition) is 17. The molecule has 3 N–H and O–H groups in total. The van der Waals surface area contributed by atoms with Gasteiger partial charge in [0.15, 0.2) is 6.17 Å². The van der Waals surface area contributed by atoms with E-state index in [4.69, 9.17) is 28.8 Å². The number of nitrogens with two attached hydrogens (primary N) is 1. The minimum absolute atomic E-state index is 0.00502. The number of rotatable bonds is 22. The van der Waals surface area contributed by atoms with Crippen LogP contribution in [0.25, 0.3) is 0 Å². The summed E-state index contributed by atoms with van der Waals surface area (Å²) in [6, 6.07) is 1.35. The molecule has 1 aliphatic heterocycles. The van der Waals surface area contributed by atoms with E-state index >= 15 is 0 Å². The third-order valence-electron chi connectivity index (χ3n) is 5.58. The van der Waals surface area contributed by atoms with Crippen LogP contribution in [-0.4, -0.2) is 100 Å². The van der Waals surface area contributed by atoms with Gasteiger partial charge in [-0.15, -0.1) is 11.8 Å². The molecule has 2 rings (SSSR count). The van der Waals surface area contributed by atoms with Crippen LogP contribution in [0.15, 0.2) is 17.1 Å². The third-order valence-corrected chi connectivity index (χ3v) is 13.2. The number of ether oxygens (including phenoxy) is 2. The van der Waals surface area contributed by atoms with Crippen LogP contribution in [0, 0.1) is 11.8 Å². The number of hydrogen-bond donors (Lipinski definition) is 2. The van der Waals surface area contributed by atoms with Crippen LogP contribution in [0.5, 0.6) is 0 Å². The Hall–Kier alpha value is -0.630. The van der Waals surface area contributed by atoms with Gasteiger partial charge in [0.2, 0.25) is 0 Å². The molecule has 0 spiro atoms. The van der Waals surface area contributed by atoms with E-state index in [1.54, 1.807) is 27.7 Å². The van der Waals surface area contributed by atoms with Crippen LogP contribution >= 0.6 is 62.8 Å². The molecule has 1 aromatic heterocycles. The maximum Gasteiger partial charge on any atom is 0.474 e. The summed E-state index contributed by atoms with van der Waals surface area (Å²) in [5.74, 6) is 1.03. The Kier molecular flexibility index (Phi) is 19.2. The molecular weight excluding hydrogens is 713 g/mol. The van der Waals surface area contributed by atoms with Crippen LogP contribution in [0.2, 0.25) is 0 Å². The Morgan fingerprint density at radius 2 is 1.47 bits per heavy atom.